The molecule has 166 valence electrons. The summed E-state index contributed by atoms with van der Waals surface area (Å²) in [6, 6.07) is 14.3. The molecule has 2 aromatic carbocycles. The van der Waals surface area contributed by atoms with E-state index in [4.69, 9.17) is 14.2 Å². The van der Waals surface area contributed by atoms with Gasteiger partial charge in [-0.15, -0.1) is 0 Å². The summed E-state index contributed by atoms with van der Waals surface area (Å²) >= 11 is 0. The molecule has 8 nitrogen and oxygen atoms in total. The highest BCUT2D eigenvalue weighted by Gasteiger charge is 2.47. The molecule has 1 fully saturated rings. The van der Waals surface area contributed by atoms with Gasteiger partial charge in [-0.2, -0.15) is 0 Å². The zero-order chi connectivity index (χ0) is 22.9. The van der Waals surface area contributed by atoms with E-state index in [1.807, 2.05) is 6.92 Å². The summed E-state index contributed by atoms with van der Waals surface area (Å²) in [6.07, 6.45) is 3.15. The molecule has 1 aromatic heterocycles. The number of pyridine rings is 1. The standard InChI is InChI=1S/C25H20N2O6/c1-2-31-18-6-3-16(4-7-18)23(28)21-22(15-9-11-26-12-10-15)27(25(30)24(21)29)17-5-8-19-20(13-17)33-14-32-19/h3-13,22,28H,2,14H2,1H3/b23-21+. The monoisotopic (exact) mass is 444 g/mol. The van der Waals surface area contributed by atoms with Gasteiger partial charge in [0.1, 0.15) is 11.5 Å². The molecule has 1 unspecified atom stereocenters. The van der Waals surface area contributed by atoms with Crippen molar-refractivity contribution in [3.8, 4) is 17.2 Å². The van der Waals surface area contributed by atoms with E-state index >= 15 is 0 Å². The van der Waals surface area contributed by atoms with Gasteiger partial charge in [-0.3, -0.25) is 19.5 Å². The normalized spacial score (nSPS) is 18.6. The number of amides is 1. The Bertz CT molecular complexity index is 1250. The Morgan fingerprint density at radius 3 is 2.52 bits per heavy atom. The molecule has 1 atom stereocenters. The molecule has 3 aromatic rings. The zero-order valence-electron chi connectivity index (χ0n) is 17.7. The van der Waals surface area contributed by atoms with Crippen LogP contribution in [0.15, 0.2) is 72.6 Å². The lowest BCUT2D eigenvalue weighted by Gasteiger charge is -2.25. The molecule has 1 saturated heterocycles. The SMILES string of the molecule is CCOc1ccc(/C(O)=C2\C(=O)C(=O)N(c3ccc4c(c3)OCO4)C2c2ccncc2)cc1. The lowest BCUT2D eigenvalue weighted by atomic mass is 9.95. The molecule has 5 rings (SSSR count). The first-order valence-corrected chi connectivity index (χ1v) is 10.4. The molecule has 33 heavy (non-hydrogen) atoms. The van der Waals surface area contributed by atoms with E-state index in [1.165, 1.54) is 4.90 Å². The van der Waals surface area contributed by atoms with Crippen molar-refractivity contribution in [3.05, 3.63) is 83.7 Å². The molecule has 3 heterocycles. The molecule has 2 aliphatic heterocycles. The van der Waals surface area contributed by atoms with Crippen LogP contribution in [0.3, 0.4) is 0 Å². The number of fused-ring (bicyclic) bond motifs is 1. The number of ether oxygens (including phenoxy) is 3. The third-order valence-corrected chi connectivity index (χ3v) is 5.54. The number of ketones is 1. The summed E-state index contributed by atoms with van der Waals surface area (Å²) in [5.74, 6) is -0.106. The number of Topliss-reactive ketones (excluding diaryl/α,β-unsaturated/α-hetero) is 1. The highest BCUT2D eigenvalue weighted by molar-refractivity contribution is 6.51. The smallest absolute Gasteiger partial charge is 0.300 e. The van der Waals surface area contributed by atoms with Gasteiger partial charge in [-0.25, -0.2) is 0 Å². The second-order valence-corrected chi connectivity index (χ2v) is 7.44. The minimum atomic E-state index is -0.847. The predicted molar refractivity (Wildman–Crippen MR) is 119 cm³/mol. The summed E-state index contributed by atoms with van der Waals surface area (Å²) < 4.78 is 16.3. The molecule has 0 radical (unpaired) electrons. The van der Waals surface area contributed by atoms with Gasteiger partial charge in [0.2, 0.25) is 6.79 Å². The third kappa shape index (κ3) is 3.55. The number of carbonyl (C=O) groups is 2. The maximum absolute atomic E-state index is 13.2. The van der Waals surface area contributed by atoms with E-state index in [0.717, 1.165) is 0 Å². The fourth-order valence-corrected chi connectivity index (χ4v) is 4.03. The maximum atomic E-state index is 13.2. The van der Waals surface area contributed by atoms with Crippen LogP contribution in [0.25, 0.3) is 5.76 Å². The van der Waals surface area contributed by atoms with Crippen molar-refractivity contribution in [1.82, 2.24) is 4.98 Å². The fraction of sp³-hybridized carbons (Fsp3) is 0.160. The van der Waals surface area contributed by atoms with Crippen molar-refractivity contribution in [2.24, 2.45) is 0 Å². The van der Waals surface area contributed by atoms with Crippen molar-refractivity contribution in [2.45, 2.75) is 13.0 Å². The number of aliphatic hydroxyl groups excluding tert-OH is 1. The molecule has 0 spiro atoms. The predicted octanol–water partition coefficient (Wildman–Crippen LogP) is 3.84. The maximum Gasteiger partial charge on any atom is 0.300 e. The molecule has 1 amide bonds. The molecular weight excluding hydrogens is 424 g/mol. The van der Waals surface area contributed by atoms with Crippen LogP contribution in [0.1, 0.15) is 24.1 Å². The van der Waals surface area contributed by atoms with E-state index in [2.05, 4.69) is 4.98 Å². The van der Waals surface area contributed by atoms with E-state index in [1.54, 1.807) is 67.0 Å². The van der Waals surface area contributed by atoms with Gasteiger partial charge >= 0.3 is 0 Å². The third-order valence-electron chi connectivity index (χ3n) is 5.54. The molecule has 0 aliphatic carbocycles. The minimum Gasteiger partial charge on any atom is -0.507 e. The lowest BCUT2D eigenvalue weighted by molar-refractivity contribution is -0.132. The Morgan fingerprint density at radius 1 is 1.06 bits per heavy atom. The molecule has 0 bridgehead atoms. The zero-order valence-corrected chi connectivity index (χ0v) is 17.7. The molecule has 2 aliphatic rings. The minimum absolute atomic E-state index is 0.00646. The highest BCUT2D eigenvalue weighted by Crippen LogP contribution is 2.44. The van der Waals surface area contributed by atoms with Crippen LogP contribution in [0.5, 0.6) is 17.2 Å². The largest absolute Gasteiger partial charge is 0.507 e. The second-order valence-electron chi connectivity index (χ2n) is 7.44. The summed E-state index contributed by atoms with van der Waals surface area (Å²) in [7, 11) is 0. The Kier molecular flexibility index (Phi) is 5.18. The molecule has 0 saturated carbocycles. The first-order valence-electron chi connectivity index (χ1n) is 10.4. The number of nitrogens with zero attached hydrogens (tertiary/aromatic N) is 2. The molecular formula is C25H20N2O6. The first kappa shape index (κ1) is 20.6. The summed E-state index contributed by atoms with van der Waals surface area (Å²) in [4.78, 5) is 31.8. The van der Waals surface area contributed by atoms with Crippen molar-refractivity contribution < 1.29 is 28.9 Å². The van der Waals surface area contributed by atoms with Crippen LogP contribution < -0.4 is 19.1 Å². The quantitative estimate of drug-likeness (QED) is 0.363. The lowest BCUT2D eigenvalue weighted by Crippen LogP contribution is -2.29. The van der Waals surface area contributed by atoms with Crippen LogP contribution >= 0.6 is 0 Å². The first-order chi connectivity index (χ1) is 16.1. The van der Waals surface area contributed by atoms with Crippen LogP contribution in [-0.2, 0) is 9.59 Å². The highest BCUT2D eigenvalue weighted by atomic mass is 16.7. The number of aromatic nitrogens is 1. The van der Waals surface area contributed by atoms with E-state index in [9.17, 15) is 14.7 Å². The van der Waals surface area contributed by atoms with Gasteiger partial charge in [0.25, 0.3) is 11.7 Å². The average molecular weight is 444 g/mol. The topological polar surface area (TPSA) is 98.2 Å². The Balaban J connectivity index is 1.65. The number of rotatable bonds is 5. The van der Waals surface area contributed by atoms with Gasteiger partial charge in [-0.1, -0.05) is 0 Å². The van der Waals surface area contributed by atoms with Gasteiger partial charge in [0.15, 0.2) is 11.5 Å². The van der Waals surface area contributed by atoms with Crippen molar-refractivity contribution in [3.63, 3.8) is 0 Å². The number of hydrogen-bond acceptors (Lipinski definition) is 7. The van der Waals surface area contributed by atoms with Crippen molar-refractivity contribution in [2.75, 3.05) is 18.3 Å². The summed E-state index contributed by atoms with van der Waals surface area (Å²) in [5, 5.41) is 11.2. The van der Waals surface area contributed by atoms with Crippen LogP contribution in [-0.4, -0.2) is 35.2 Å². The summed E-state index contributed by atoms with van der Waals surface area (Å²) in [5.41, 5.74) is 1.48. The van der Waals surface area contributed by atoms with Gasteiger partial charge in [0, 0.05) is 29.7 Å². The fourth-order valence-electron chi connectivity index (χ4n) is 4.03. The van der Waals surface area contributed by atoms with Crippen LogP contribution in [0.4, 0.5) is 5.69 Å². The second kappa shape index (κ2) is 8.31. The average Bonchev–Trinajstić information content (AvgIpc) is 3.42. The Labute approximate surface area is 189 Å². The Hall–Kier alpha value is -4.33. The van der Waals surface area contributed by atoms with E-state index < -0.39 is 17.7 Å². The van der Waals surface area contributed by atoms with Crippen LogP contribution in [0, 0.1) is 0 Å². The Morgan fingerprint density at radius 2 is 1.79 bits per heavy atom. The van der Waals surface area contributed by atoms with Gasteiger partial charge in [0.05, 0.1) is 18.2 Å². The van der Waals surface area contributed by atoms with E-state index in [0.29, 0.717) is 40.7 Å². The van der Waals surface area contributed by atoms with E-state index in [-0.39, 0.29) is 18.1 Å². The van der Waals surface area contributed by atoms with Gasteiger partial charge in [-0.05, 0) is 61.0 Å². The number of benzene rings is 2. The van der Waals surface area contributed by atoms with Crippen molar-refractivity contribution >= 4 is 23.1 Å². The number of aliphatic hydroxyl groups is 1. The van der Waals surface area contributed by atoms with Crippen molar-refractivity contribution in [1.29, 1.82) is 0 Å². The number of anilines is 1. The number of carbonyl (C=O) groups excluding carboxylic acids is 2. The summed E-state index contributed by atoms with van der Waals surface area (Å²) in [6.45, 7) is 2.47. The van der Waals surface area contributed by atoms with Gasteiger partial charge < -0.3 is 19.3 Å². The number of hydrogen-bond donors (Lipinski definition) is 1. The van der Waals surface area contributed by atoms with Crippen LogP contribution in [0.2, 0.25) is 0 Å². The molecule has 8 heteroatoms. The molecule has 1 N–H and O–H groups in total.